The van der Waals surface area contributed by atoms with Crippen molar-refractivity contribution in [2.45, 2.75) is 6.92 Å². The average molecular weight is 473 g/mol. The second-order valence-electron chi connectivity index (χ2n) is 7.86. The molecule has 0 fully saturated rings. The summed E-state index contributed by atoms with van der Waals surface area (Å²) in [7, 11) is 1.42. The first-order valence-corrected chi connectivity index (χ1v) is 10.4. The molecular formula is C25H19N3O7. The Hall–Kier alpha value is -4.99. The van der Waals surface area contributed by atoms with E-state index >= 15 is 0 Å². The monoisotopic (exact) mass is 473 g/mol. The van der Waals surface area contributed by atoms with Crippen LogP contribution in [0.1, 0.15) is 16.1 Å². The van der Waals surface area contributed by atoms with Crippen LogP contribution in [0.15, 0.2) is 57.9 Å². The molecule has 0 spiro atoms. The fraction of sp³-hybridized carbons (Fsp3) is 0.0800. The molecule has 5 aromatic rings. The number of aryl methyl sites for hydroxylation is 1. The van der Waals surface area contributed by atoms with E-state index in [4.69, 9.17) is 14.1 Å². The van der Waals surface area contributed by atoms with E-state index in [9.17, 15) is 24.9 Å². The summed E-state index contributed by atoms with van der Waals surface area (Å²) in [5.41, 5.74) is 1.84. The molecule has 0 bridgehead atoms. The van der Waals surface area contributed by atoms with Crippen molar-refractivity contribution in [3.63, 3.8) is 0 Å². The van der Waals surface area contributed by atoms with Crippen LogP contribution >= 0.6 is 0 Å². The highest BCUT2D eigenvalue weighted by Gasteiger charge is 2.24. The van der Waals surface area contributed by atoms with Crippen LogP contribution in [0.5, 0.6) is 17.2 Å². The van der Waals surface area contributed by atoms with E-state index in [1.54, 1.807) is 31.3 Å². The first-order valence-electron chi connectivity index (χ1n) is 10.4. The van der Waals surface area contributed by atoms with Crippen molar-refractivity contribution in [2.24, 2.45) is 0 Å². The number of aromatic hydroxyl groups is 2. The van der Waals surface area contributed by atoms with Crippen molar-refractivity contribution in [1.82, 2.24) is 15.0 Å². The number of nitrogens with zero attached hydrogens (tertiary/aromatic N) is 1. The predicted molar refractivity (Wildman–Crippen MR) is 127 cm³/mol. The van der Waals surface area contributed by atoms with Gasteiger partial charge in [0, 0.05) is 34.3 Å². The van der Waals surface area contributed by atoms with Crippen LogP contribution in [0.2, 0.25) is 0 Å². The van der Waals surface area contributed by atoms with Crippen LogP contribution < -0.4 is 10.2 Å². The van der Waals surface area contributed by atoms with Crippen LogP contribution in [0.3, 0.4) is 0 Å². The van der Waals surface area contributed by atoms with Crippen LogP contribution in [0.4, 0.5) is 0 Å². The van der Waals surface area contributed by atoms with E-state index in [0.29, 0.717) is 39.3 Å². The van der Waals surface area contributed by atoms with Gasteiger partial charge in [-0.3, -0.25) is 4.79 Å². The second kappa shape index (κ2) is 8.10. The Kier molecular flexibility index (Phi) is 5.05. The summed E-state index contributed by atoms with van der Waals surface area (Å²) in [5.74, 6) is -0.907. The molecule has 2 aromatic carbocycles. The van der Waals surface area contributed by atoms with Gasteiger partial charge in [-0.05, 0) is 37.3 Å². The molecule has 10 heteroatoms. The fourth-order valence-corrected chi connectivity index (χ4v) is 3.93. The zero-order valence-electron chi connectivity index (χ0n) is 18.5. The zero-order valence-corrected chi connectivity index (χ0v) is 18.5. The van der Waals surface area contributed by atoms with E-state index in [0.717, 1.165) is 0 Å². The standard InChI is InChI=1S/C25H19N3O7/c1-11-7-18(30)22(31)23(35-11)21-20(12-4-6-17(29)19(9-12)34-2)27-24(28-21)15-10-26-16-8-13(25(32)33)3-5-14(15)16/h3-10,26,29,31H,1-2H3,(H,27,28)(H,32,33). The number of fused-ring (bicyclic) bond motifs is 1. The number of rotatable bonds is 5. The maximum absolute atomic E-state index is 12.3. The number of aromatic carboxylic acids is 1. The van der Waals surface area contributed by atoms with Crippen molar-refractivity contribution in [2.75, 3.05) is 7.11 Å². The third kappa shape index (κ3) is 3.66. The Morgan fingerprint density at radius 3 is 2.66 bits per heavy atom. The molecule has 3 heterocycles. The summed E-state index contributed by atoms with van der Waals surface area (Å²) < 4.78 is 10.9. The summed E-state index contributed by atoms with van der Waals surface area (Å²) in [6.45, 7) is 1.59. The third-order valence-electron chi connectivity index (χ3n) is 5.61. The van der Waals surface area contributed by atoms with Crippen LogP contribution in [0.25, 0.3) is 45.0 Å². The first-order chi connectivity index (χ1) is 16.8. The molecule has 0 radical (unpaired) electrons. The van der Waals surface area contributed by atoms with Gasteiger partial charge in [0.15, 0.2) is 17.3 Å². The molecule has 5 rings (SSSR count). The van der Waals surface area contributed by atoms with Crippen LogP contribution in [0, 0.1) is 6.92 Å². The lowest BCUT2D eigenvalue weighted by Crippen LogP contribution is -2.01. The Bertz CT molecular complexity index is 1680. The molecule has 0 amide bonds. The van der Waals surface area contributed by atoms with Crippen molar-refractivity contribution >= 4 is 16.9 Å². The lowest BCUT2D eigenvalue weighted by Gasteiger charge is -2.08. The van der Waals surface area contributed by atoms with Gasteiger partial charge in [0.25, 0.3) is 0 Å². The van der Waals surface area contributed by atoms with Gasteiger partial charge in [-0.2, -0.15) is 0 Å². The summed E-state index contributed by atoms with van der Waals surface area (Å²) in [6, 6.07) is 10.5. The fourth-order valence-electron chi connectivity index (χ4n) is 3.93. The van der Waals surface area contributed by atoms with Crippen molar-refractivity contribution in [3.8, 4) is 51.3 Å². The third-order valence-corrected chi connectivity index (χ3v) is 5.61. The number of imidazole rings is 1. The smallest absolute Gasteiger partial charge is 0.335 e. The number of hydrogen-bond donors (Lipinski definition) is 5. The molecule has 3 aromatic heterocycles. The van der Waals surface area contributed by atoms with Gasteiger partial charge < -0.3 is 34.4 Å². The molecule has 0 atom stereocenters. The number of aromatic nitrogens is 3. The lowest BCUT2D eigenvalue weighted by atomic mass is 10.1. The highest BCUT2D eigenvalue weighted by molar-refractivity contribution is 5.99. The number of benzene rings is 2. The maximum Gasteiger partial charge on any atom is 0.335 e. The minimum atomic E-state index is -1.04. The topological polar surface area (TPSA) is 162 Å². The number of methoxy groups -OCH3 is 1. The summed E-state index contributed by atoms with van der Waals surface area (Å²) in [4.78, 5) is 34.5. The van der Waals surface area contributed by atoms with E-state index in [1.165, 1.54) is 31.4 Å². The van der Waals surface area contributed by atoms with Crippen molar-refractivity contribution < 1.29 is 29.3 Å². The molecule has 35 heavy (non-hydrogen) atoms. The lowest BCUT2D eigenvalue weighted by molar-refractivity contribution is 0.0697. The zero-order chi connectivity index (χ0) is 24.9. The van der Waals surface area contributed by atoms with Gasteiger partial charge in [0.05, 0.1) is 12.7 Å². The number of phenols is 1. The molecule has 5 N–H and O–H groups in total. The molecule has 176 valence electrons. The molecule has 10 nitrogen and oxygen atoms in total. The van der Waals surface area contributed by atoms with Gasteiger partial charge in [-0.1, -0.05) is 6.07 Å². The summed E-state index contributed by atoms with van der Waals surface area (Å²) >= 11 is 0. The number of ether oxygens (including phenoxy) is 1. The number of hydrogen-bond acceptors (Lipinski definition) is 7. The van der Waals surface area contributed by atoms with E-state index < -0.39 is 17.1 Å². The number of carbonyl (C=O) groups is 1. The van der Waals surface area contributed by atoms with Crippen molar-refractivity contribution in [1.29, 1.82) is 0 Å². The number of nitrogens with one attached hydrogen (secondary N) is 2. The van der Waals surface area contributed by atoms with Gasteiger partial charge in [-0.15, -0.1) is 0 Å². The minimum absolute atomic E-state index is 0.0654. The maximum atomic E-state index is 12.3. The van der Waals surface area contributed by atoms with Gasteiger partial charge >= 0.3 is 5.97 Å². The largest absolute Gasteiger partial charge is 0.504 e. The van der Waals surface area contributed by atoms with Crippen LogP contribution in [-0.2, 0) is 0 Å². The quantitative estimate of drug-likeness (QED) is 0.253. The molecule has 0 saturated heterocycles. The Labute approximate surface area is 197 Å². The molecule has 0 aliphatic rings. The number of carboxylic acids is 1. The molecule has 0 unspecified atom stereocenters. The highest BCUT2D eigenvalue weighted by atomic mass is 16.5. The van der Waals surface area contributed by atoms with E-state index in [1.807, 2.05) is 0 Å². The highest BCUT2D eigenvalue weighted by Crippen LogP contribution is 2.40. The second-order valence-corrected chi connectivity index (χ2v) is 7.86. The normalized spacial score (nSPS) is 11.1. The Morgan fingerprint density at radius 2 is 1.91 bits per heavy atom. The molecule has 0 aliphatic heterocycles. The summed E-state index contributed by atoms with van der Waals surface area (Å²) in [6.07, 6.45) is 1.67. The van der Waals surface area contributed by atoms with E-state index in [-0.39, 0.29) is 28.5 Å². The number of H-pyrrole nitrogens is 2. The predicted octanol–water partition coefficient (Wildman–Crippen LogP) is 4.27. The Balaban J connectivity index is 1.76. The van der Waals surface area contributed by atoms with Gasteiger partial charge in [0.2, 0.25) is 11.2 Å². The Morgan fingerprint density at radius 1 is 1.11 bits per heavy atom. The minimum Gasteiger partial charge on any atom is -0.504 e. The molecule has 0 saturated carbocycles. The van der Waals surface area contributed by atoms with Gasteiger partial charge in [-0.25, -0.2) is 9.78 Å². The van der Waals surface area contributed by atoms with Gasteiger partial charge in [0.1, 0.15) is 23.0 Å². The average Bonchev–Trinajstić information content (AvgIpc) is 3.45. The molecular weight excluding hydrogens is 454 g/mol. The number of aromatic amines is 2. The number of carboxylic acid groups (broad SMARTS) is 1. The molecule has 0 aliphatic carbocycles. The number of phenolic OH excluding ortho intramolecular Hbond substituents is 1. The summed E-state index contributed by atoms with van der Waals surface area (Å²) in [5, 5.41) is 30.5. The van der Waals surface area contributed by atoms with E-state index in [2.05, 4.69) is 9.97 Å². The van der Waals surface area contributed by atoms with Crippen LogP contribution in [-0.4, -0.2) is 43.4 Å². The first kappa shape index (κ1) is 21.8. The SMILES string of the molecule is COc1cc(-c2nc(-c3c[nH]c4cc(C(=O)O)ccc34)[nH]c2-c2oc(C)cc(=O)c2O)ccc1O. The van der Waals surface area contributed by atoms with Crippen molar-refractivity contribution in [3.05, 3.63) is 70.2 Å².